The lowest BCUT2D eigenvalue weighted by Crippen LogP contribution is -2.23. The van der Waals surface area contributed by atoms with Crippen LogP contribution in [0.25, 0.3) is 33.4 Å². The molecule has 9 aromatic rings. The third kappa shape index (κ3) is 9.74. The Labute approximate surface area is 408 Å². The van der Waals surface area contributed by atoms with Crippen molar-refractivity contribution < 1.29 is 24.0 Å². The summed E-state index contributed by atoms with van der Waals surface area (Å²) in [6.07, 6.45) is 8.07. The highest BCUT2D eigenvalue weighted by atomic mass is 16.2. The molecule has 0 fully saturated rings. The predicted octanol–water partition coefficient (Wildman–Crippen LogP) is 11.1. The van der Waals surface area contributed by atoms with Crippen LogP contribution in [0, 0.1) is 5.92 Å². The molecule has 7 aromatic carbocycles. The van der Waals surface area contributed by atoms with Gasteiger partial charge in [0, 0.05) is 28.2 Å². The van der Waals surface area contributed by atoms with Crippen LogP contribution in [0.2, 0.25) is 0 Å². The molecule has 2 aromatic heterocycles. The fraction of sp³-hybridized carbons (Fsp3) is 0.0500. The summed E-state index contributed by atoms with van der Waals surface area (Å²) >= 11 is 0. The van der Waals surface area contributed by atoms with Crippen LogP contribution < -0.4 is 0 Å². The van der Waals surface area contributed by atoms with E-state index in [-0.39, 0.29) is 34.1 Å². The summed E-state index contributed by atoms with van der Waals surface area (Å²) in [6.45, 7) is 2.08. The summed E-state index contributed by atoms with van der Waals surface area (Å²) in [5.74, 6) is -7.11. The lowest BCUT2D eigenvalue weighted by Gasteiger charge is -2.21. The monoisotopic (exact) mass is 924 g/mol. The average molecular weight is 925 g/mol. The SMILES string of the molecule is CC1C=CC=CC1c1cccc(C(=O)c2nc(C(=O)c3cccc(-c4ccccc4)c3)nc(C(=O)c3nc(C(=O)c4cccc(-c5ccccc5)c4)nc(C(=O)c4cccc(-c5ccccc5)c4)n3)n2)c1. The second-order valence-corrected chi connectivity index (χ2v) is 16.9. The van der Waals surface area contributed by atoms with E-state index in [2.05, 4.69) is 49.0 Å². The fourth-order valence-corrected chi connectivity index (χ4v) is 8.41. The average Bonchev–Trinajstić information content (AvgIpc) is 3.44. The van der Waals surface area contributed by atoms with Gasteiger partial charge in [0.15, 0.2) is 0 Å². The van der Waals surface area contributed by atoms with Crippen molar-refractivity contribution in [3.05, 3.63) is 275 Å². The van der Waals surface area contributed by atoms with E-state index in [4.69, 9.17) is 0 Å². The molecule has 11 nitrogen and oxygen atoms in total. The second-order valence-electron chi connectivity index (χ2n) is 16.9. The summed E-state index contributed by atoms with van der Waals surface area (Å²) in [6, 6.07) is 55.8. The molecule has 0 saturated carbocycles. The van der Waals surface area contributed by atoms with E-state index in [0.29, 0.717) is 0 Å². The summed E-state index contributed by atoms with van der Waals surface area (Å²) in [5, 5.41) is 0. The molecule has 0 spiro atoms. The van der Waals surface area contributed by atoms with E-state index in [1.54, 1.807) is 72.8 Å². The lowest BCUT2D eigenvalue weighted by molar-refractivity contribution is 0.100. The van der Waals surface area contributed by atoms with Crippen molar-refractivity contribution in [1.29, 1.82) is 0 Å². The molecule has 11 heteroatoms. The summed E-state index contributed by atoms with van der Waals surface area (Å²) in [5.41, 5.74) is 6.37. The van der Waals surface area contributed by atoms with Gasteiger partial charge >= 0.3 is 0 Å². The molecule has 0 radical (unpaired) electrons. The first-order valence-corrected chi connectivity index (χ1v) is 22.8. The van der Waals surface area contributed by atoms with Gasteiger partial charge < -0.3 is 0 Å². The summed E-state index contributed by atoms with van der Waals surface area (Å²) < 4.78 is 0. The fourth-order valence-electron chi connectivity index (χ4n) is 8.41. The molecule has 0 aliphatic heterocycles. The number of benzene rings is 7. The number of carbonyl (C=O) groups excluding carboxylic acids is 5. The first-order chi connectivity index (χ1) is 34.7. The molecular weight excluding hydrogens is 885 g/mol. The Balaban J connectivity index is 1.09. The van der Waals surface area contributed by atoms with Gasteiger partial charge in [0.25, 0.3) is 5.78 Å². The number of allylic oxidation sites excluding steroid dienone is 4. The van der Waals surface area contributed by atoms with Crippen molar-refractivity contribution >= 4 is 28.9 Å². The van der Waals surface area contributed by atoms with Gasteiger partial charge in [0.05, 0.1) is 0 Å². The Bertz CT molecular complexity index is 3500. The molecule has 1 aliphatic carbocycles. The minimum absolute atomic E-state index is 0.0171. The van der Waals surface area contributed by atoms with Crippen LogP contribution >= 0.6 is 0 Å². The topological polar surface area (TPSA) is 163 Å². The highest BCUT2D eigenvalue weighted by molar-refractivity contribution is 6.14. The predicted molar refractivity (Wildman–Crippen MR) is 269 cm³/mol. The maximum absolute atomic E-state index is 14.9. The van der Waals surface area contributed by atoms with Crippen LogP contribution in [-0.4, -0.2) is 58.8 Å². The normalized spacial score (nSPS) is 13.9. The molecule has 2 heterocycles. The highest BCUT2D eigenvalue weighted by Crippen LogP contribution is 2.31. The van der Waals surface area contributed by atoms with E-state index in [9.17, 15) is 24.0 Å². The lowest BCUT2D eigenvalue weighted by atomic mass is 9.83. The smallest absolute Gasteiger partial charge is 0.267 e. The van der Waals surface area contributed by atoms with Crippen molar-refractivity contribution in [2.75, 3.05) is 0 Å². The number of aromatic nitrogens is 6. The van der Waals surface area contributed by atoms with Crippen LogP contribution in [-0.2, 0) is 0 Å². The second kappa shape index (κ2) is 19.9. The number of ketones is 5. The van der Waals surface area contributed by atoms with Crippen LogP contribution in [0.5, 0.6) is 0 Å². The standard InChI is InChI=1S/C60H40N6O5/c1-37-17-11-12-32-49(37)44-27-16-31-48(36-44)53(70)58-62-57(52(69)47-30-15-26-43(35-47)40-22-9-4-10-23-40)65-60(66-58)54(71)59-63-55(50(67)45-28-13-24-41(33-45)38-18-5-2-6-19-38)61-56(64-59)51(68)46-29-14-25-42(34-46)39-20-7-3-8-21-39/h2-37,49H,1H3. The molecule has 71 heavy (non-hydrogen) atoms. The van der Waals surface area contributed by atoms with Gasteiger partial charge in [0.1, 0.15) is 0 Å². The molecular formula is C60H40N6O5. The number of hydrogen-bond donors (Lipinski definition) is 0. The first kappa shape index (κ1) is 45.2. The number of hydrogen-bond acceptors (Lipinski definition) is 11. The molecule has 2 unspecified atom stereocenters. The molecule has 2 atom stereocenters. The third-order valence-electron chi connectivity index (χ3n) is 12.1. The van der Waals surface area contributed by atoms with Crippen LogP contribution in [0.4, 0.5) is 0 Å². The van der Waals surface area contributed by atoms with E-state index < -0.39 is 63.9 Å². The van der Waals surface area contributed by atoms with Crippen molar-refractivity contribution in [2.24, 2.45) is 5.92 Å². The Morgan fingerprint density at radius 1 is 0.310 bits per heavy atom. The first-order valence-electron chi connectivity index (χ1n) is 22.8. The van der Waals surface area contributed by atoms with Crippen LogP contribution in [0.15, 0.2) is 212 Å². The van der Waals surface area contributed by atoms with Crippen molar-refractivity contribution in [3.8, 4) is 33.4 Å². The van der Waals surface area contributed by atoms with E-state index >= 15 is 0 Å². The molecule has 0 amide bonds. The van der Waals surface area contributed by atoms with Crippen molar-refractivity contribution in [3.63, 3.8) is 0 Å². The van der Waals surface area contributed by atoms with Gasteiger partial charge in [-0.15, -0.1) is 0 Å². The molecule has 1 aliphatic rings. The summed E-state index contributed by atoms with van der Waals surface area (Å²) in [7, 11) is 0. The molecule has 10 rings (SSSR count). The number of carbonyl (C=O) groups is 5. The van der Waals surface area contributed by atoms with E-state index in [1.165, 1.54) is 0 Å². The van der Waals surface area contributed by atoms with Gasteiger partial charge in [-0.1, -0.05) is 195 Å². The van der Waals surface area contributed by atoms with Gasteiger partial charge in [-0.25, -0.2) is 29.9 Å². The Morgan fingerprint density at radius 3 is 0.958 bits per heavy atom. The summed E-state index contributed by atoms with van der Waals surface area (Å²) in [4.78, 5) is 99.1. The zero-order valence-electron chi connectivity index (χ0n) is 38.1. The third-order valence-corrected chi connectivity index (χ3v) is 12.1. The molecule has 340 valence electrons. The van der Waals surface area contributed by atoms with Crippen LogP contribution in [0.1, 0.15) is 99.6 Å². The maximum atomic E-state index is 14.9. The Morgan fingerprint density at radius 2 is 0.606 bits per heavy atom. The molecule has 0 N–H and O–H groups in total. The van der Waals surface area contributed by atoms with E-state index in [1.807, 2.05) is 127 Å². The van der Waals surface area contributed by atoms with Gasteiger partial charge in [-0.3, -0.25) is 24.0 Å². The van der Waals surface area contributed by atoms with Gasteiger partial charge in [0.2, 0.25) is 58.1 Å². The van der Waals surface area contributed by atoms with Gasteiger partial charge in [-0.05, 0) is 69.1 Å². The zero-order valence-corrected chi connectivity index (χ0v) is 38.1. The maximum Gasteiger partial charge on any atom is 0.267 e. The van der Waals surface area contributed by atoms with Crippen molar-refractivity contribution in [2.45, 2.75) is 12.8 Å². The Kier molecular flexibility index (Phi) is 12.7. The van der Waals surface area contributed by atoms with E-state index in [0.717, 1.165) is 38.9 Å². The Hall–Kier alpha value is -9.61. The zero-order chi connectivity index (χ0) is 48.8. The quantitative estimate of drug-likeness (QED) is 0.0954. The largest absolute Gasteiger partial charge is 0.285 e. The molecule has 0 saturated heterocycles. The number of nitrogens with zero attached hydrogens (tertiary/aromatic N) is 6. The minimum Gasteiger partial charge on any atom is -0.285 e. The van der Waals surface area contributed by atoms with Crippen molar-refractivity contribution in [1.82, 2.24) is 29.9 Å². The number of rotatable bonds is 14. The molecule has 0 bridgehead atoms. The minimum atomic E-state index is -1.10. The van der Waals surface area contributed by atoms with Gasteiger partial charge in [-0.2, -0.15) is 0 Å². The highest BCUT2D eigenvalue weighted by Gasteiger charge is 2.29. The van der Waals surface area contributed by atoms with Crippen LogP contribution in [0.3, 0.4) is 0 Å².